The monoisotopic (exact) mass is 472 g/mol. The summed E-state index contributed by atoms with van der Waals surface area (Å²) in [6.07, 6.45) is 3.56. The lowest BCUT2D eigenvalue weighted by Gasteiger charge is -2.24. The number of carbonyl (C=O) groups is 2. The molecule has 180 valence electrons. The summed E-state index contributed by atoms with van der Waals surface area (Å²) < 4.78 is 11.6. The van der Waals surface area contributed by atoms with E-state index in [1.54, 1.807) is 11.0 Å². The fourth-order valence-electron chi connectivity index (χ4n) is 4.74. The average Bonchev–Trinajstić information content (AvgIpc) is 3.68. The first kappa shape index (κ1) is 21.9. The number of aromatic nitrogens is 1. The first-order valence-corrected chi connectivity index (χ1v) is 12.3. The van der Waals surface area contributed by atoms with Gasteiger partial charge in [-0.25, -0.2) is 4.98 Å². The number of rotatable bonds is 4. The summed E-state index contributed by atoms with van der Waals surface area (Å²) in [5.74, 6) is 1.45. The topological polar surface area (TPSA) is 87.9 Å². The molecule has 6 rings (SSSR count). The van der Waals surface area contributed by atoms with Gasteiger partial charge in [-0.15, -0.1) is 0 Å². The van der Waals surface area contributed by atoms with Gasteiger partial charge in [0, 0.05) is 43.4 Å². The number of carbonyl (C=O) groups excluding carboxylic acids is 2. The van der Waals surface area contributed by atoms with Gasteiger partial charge in [-0.05, 0) is 56.0 Å². The van der Waals surface area contributed by atoms with E-state index in [1.807, 2.05) is 42.5 Å². The molecular formula is C27H28N4O4. The zero-order chi connectivity index (χ0) is 23.8. The van der Waals surface area contributed by atoms with Crippen molar-refractivity contribution >= 4 is 23.3 Å². The number of nitrogens with zero attached hydrogens (tertiary/aromatic N) is 3. The van der Waals surface area contributed by atoms with Crippen LogP contribution in [0.1, 0.15) is 45.9 Å². The Kier molecular flexibility index (Phi) is 5.74. The van der Waals surface area contributed by atoms with Crippen LogP contribution in [0.5, 0.6) is 0 Å². The highest BCUT2D eigenvalue weighted by atomic mass is 16.5. The van der Waals surface area contributed by atoms with E-state index in [1.165, 1.54) is 0 Å². The number of hydrogen-bond donors (Lipinski definition) is 1. The summed E-state index contributed by atoms with van der Waals surface area (Å²) in [6, 6.07) is 15.4. The zero-order valence-electron chi connectivity index (χ0n) is 19.5. The molecule has 2 aromatic heterocycles. The van der Waals surface area contributed by atoms with Gasteiger partial charge in [-0.3, -0.25) is 9.59 Å². The van der Waals surface area contributed by atoms with E-state index in [0.29, 0.717) is 36.8 Å². The Labute approximate surface area is 203 Å². The van der Waals surface area contributed by atoms with Crippen molar-refractivity contribution in [2.75, 3.05) is 42.6 Å². The Morgan fingerprint density at radius 2 is 1.89 bits per heavy atom. The highest BCUT2D eigenvalue weighted by Gasteiger charge is 2.31. The van der Waals surface area contributed by atoms with E-state index in [2.05, 4.69) is 10.2 Å². The SMILES string of the molecule is O=C(NC1CC1)c1cc2c(o1)-c1ccccc1N(C(=O)c1cccc(N3CCCOCC3)n1)CC2. The van der Waals surface area contributed by atoms with Crippen LogP contribution in [0.15, 0.2) is 52.9 Å². The van der Waals surface area contributed by atoms with Gasteiger partial charge in [0.15, 0.2) is 5.76 Å². The van der Waals surface area contributed by atoms with Gasteiger partial charge >= 0.3 is 0 Å². The van der Waals surface area contributed by atoms with Crippen LogP contribution < -0.4 is 15.1 Å². The summed E-state index contributed by atoms with van der Waals surface area (Å²) in [6.45, 7) is 3.49. The number of amides is 2. The molecule has 2 amide bonds. The van der Waals surface area contributed by atoms with Crippen LogP contribution in [0.25, 0.3) is 11.3 Å². The molecule has 0 bridgehead atoms. The second-order valence-electron chi connectivity index (χ2n) is 9.27. The molecule has 1 aromatic carbocycles. The predicted octanol–water partition coefficient (Wildman–Crippen LogP) is 3.66. The molecule has 0 unspecified atom stereocenters. The summed E-state index contributed by atoms with van der Waals surface area (Å²) >= 11 is 0. The third-order valence-corrected chi connectivity index (χ3v) is 6.73. The Morgan fingerprint density at radius 1 is 1.00 bits per heavy atom. The van der Waals surface area contributed by atoms with Gasteiger partial charge < -0.3 is 24.3 Å². The van der Waals surface area contributed by atoms with E-state index < -0.39 is 0 Å². The maximum Gasteiger partial charge on any atom is 0.287 e. The fraction of sp³-hybridized carbons (Fsp3) is 0.370. The number of ether oxygens (including phenoxy) is 1. The molecule has 0 radical (unpaired) electrons. The number of nitrogens with one attached hydrogen (secondary N) is 1. The zero-order valence-corrected chi connectivity index (χ0v) is 19.5. The molecular weight excluding hydrogens is 444 g/mol. The number of furan rings is 1. The van der Waals surface area contributed by atoms with Gasteiger partial charge in [0.05, 0.1) is 12.3 Å². The quantitative estimate of drug-likeness (QED) is 0.624. The number of pyridine rings is 1. The normalized spacial score (nSPS) is 17.7. The summed E-state index contributed by atoms with van der Waals surface area (Å²) in [5.41, 5.74) is 2.90. The molecule has 2 aliphatic heterocycles. The van der Waals surface area contributed by atoms with Crippen LogP contribution in [0.3, 0.4) is 0 Å². The maximum atomic E-state index is 13.7. The molecule has 4 heterocycles. The van der Waals surface area contributed by atoms with E-state index in [4.69, 9.17) is 14.1 Å². The number of anilines is 2. The number of benzene rings is 1. The van der Waals surface area contributed by atoms with E-state index in [-0.39, 0.29) is 17.9 Å². The lowest BCUT2D eigenvalue weighted by Crippen LogP contribution is -2.34. The average molecular weight is 473 g/mol. The van der Waals surface area contributed by atoms with Crippen LogP contribution >= 0.6 is 0 Å². The molecule has 8 heteroatoms. The molecule has 2 fully saturated rings. The summed E-state index contributed by atoms with van der Waals surface area (Å²) in [7, 11) is 0. The highest BCUT2D eigenvalue weighted by molar-refractivity contribution is 6.07. The van der Waals surface area contributed by atoms with Gasteiger partial charge in [0.1, 0.15) is 17.3 Å². The standard InChI is InChI=1S/C27H28N4O4/c32-26(28-19-9-10-19)23-17-18-11-13-31(22-7-2-1-5-20(22)25(18)35-23)27(33)21-6-3-8-24(29-21)30-12-4-15-34-16-14-30/h1-3,5-8,17,19H,4,9-16H2,(H,28,32). The second-order valence-corrected chi connectivity index (χ2v) is 9.27. The molecule has 35 heavy (non-hydrogen) atoms. The van der Waals surface area contributed by atoms with Crippen molar-refractivity contribution < 1.29 is 18.7 Å². The van der Waals surface area contributed by atoms with E-state index in [0.717, 1.165) is 61.6 Å². The minimum atomic E-state index is -0.175. The molecule has 0 atom stereocenters. The lowest BCUT2D eigenvalue weighted by atomic mass is 10.1. The molecule has 3 aromatic rings. The molecule has 1 N–H and O–H groups in total. The van der Waals surface area contributed by atoms with Crippen molar-refractivity contribution in [2.45, 2.75) is 31.7 Å². The molecule has 1 saturated carbocycles. The maximum absolute atomic E-state index is 13.7. The van der Waals surface area contributed by atoms with Crippen LogP contribution in [0.4, 0.5) is 11.5 Å². The predicted molar refractivity (Wildman–Crippen MR) is 132 cm³/mol. The Balaban J connectivity index is 1.30. The van der Waals surface area contributed by atoms with E-state index in [9.17, 15) is 9.59 Å². The minimum absolute atomic E-state index is 0.151. The van der Waals surface area contributed by atoms with Crippen LogP contribution in [0, 0.1) is 0 Å². The largest absolute Gasteiger partial charge is 0.451 e. The molecule has 8 nitrogen and oxygen atoms in total. The third kappa shape index (κ3) is 4.41. The van der Waals surface area contributed by atoms with Crippen LogP contribution in [0.2, 0.25) is 0 Å². The van der Waals surface area contributed by atoms with Crippen molar-refractivity contribution in [2.24, 2.45) is 0 Å². The summed E-state index contributed by atoms with van der Waals surface area (Å²) in [5, 5.41) is 2.99. The smallest absolute Gasteiger partial charge is 0.287 e. The molecule has 1 aliphatic carbocycles. The number of para-hydroxylation sites is 1. The molecule has 1 saturated heterocycles. The van der Waals surface area contributed by atoms with E-state index >= 15 is 0 Å². The van der Waals surface area contributed by atoms with Gasteiger partial charge in [0.25, 0.3) is 11.8 Å². The van der Waals surface area contributed by atoms with Gasteiger partial charge in [-0.2, -0.15) is 0 Å². The van der Waals surface area contributed by atoms with Gasteiger partial charge in [-0.1, -0.05) is 18.2 Å². The van der Waals surface area contributed by atoms with Crippen molar-refractivity contribution in [3.63, 3.8) is 0 Å². The second kappa shape index (κ2) is 9.19. The first-order chi connectivity index (χ1) is 17.2. The van der Waals surface area contributed by atoms with Crippen molar-refractivity contribution in [1.82, 2.24) is 10.3 Å². The van der Waals surface area contributed by atoms with Crippen LogP contribution in [-0.4, -0.2) is 55.7 Å². The van der Waals surface area contributed by atoms with Crippen molar-refractivity contribution in [3.8, 4) is 11.3 Å². The Morgan fingerprint density at radius 3 is 2.77 bits per heavy atom. The highest BCUT2D eigenvalue weighted by Crippen LogP contribution is 2.38. The molecule has 3 aliphatic rings. The molecule has 0 spiro atoms. The van der Waals surface area contributed by atoms with Crippen LogP contribution in [-0.2, 0) is 11.2 Å². The third-order valence-electron chi connectivity index (χ3n) is 6.73. The summed E-state index contributed by atoms with van der Waals surface area (Å²) in [4.78, 5) is 34.9. The number of fused-ring (bicyclic) bond motifs is 3. The minimum Gasteiger partial charge on any atom is -0.451 e. The van der Waals surface area contributed by atoms with Crippen molar-refractivity contribution in [3.05, 3.63) is 65.5 Å². The van der Waals surface area contributed by atoms with Crippen molar-refractivity contribution in [1.29, 1.82) is 0 Å². The number of hydrogen-bond acceptors (Lipinski definition) is 6. The van der Waals surface area contributed by atoms with Gasteiger partial charge in [0.2, 0.25) is 0 Å². The first-order valence-electron chi connectivity index (χ1n) is 12.3. The Bertz CT molecular complexity index is 1260. The fourth-order valence-corrected chi connectivity index (χ4v) is 4.74. The lowest BCUT2D eigenvalue weighted by molar-refractivity contribution is 0.0923. The Hall–Kier alpha value is -3.65.